The Morgan fingerprint density at radius 2 is 1.71 bits per heavy atom. The van der Waals surface area contributed by atoms with Gasteiger partial charge >= 0.3 is 0 Å². The van der Waals surface area contributed by atoms with Crippen LogP contribution >= 0.6 is 0 Å². The number of piperidine rings is 2. The molecule has 8 aliphatic rings. The molecule has 4 aliphatic carbocycles. The van der Waals surface area contributed by atoms with Gasteiger partial charge in [-0.1, -0.05) is 18.2 Å². The van der Waals surface area contributed by atoms with Crippen LogP contribution in [-0.2, 0) is 33.2 Å². The van der Waals surface area contributed by atoms with E-state index in [1.807, 2.05) is 24.3 Å². The molecule has 0 radical (unpaired) electrons. The highest BCUT2D eigenvalue weighted by Crippen LogP contribution is 2.67. The number of benzene rings is 2. The lowest BCUT2D eigenvalue weighted by Crippen LogP contribution is -2.76. The monoisotopic (exact) mass is 608 g/mol. The summed E-state index contributed by atoms with van der Waals surface area (Å²) in [5, 5.41) is 24.0. The summed E-state index contributed by atoms with van der Waals surface area (Å²) < 4.78 is 25.0. The third-order valence-corrected chi connectivity index (χ3v) is 12.9. The van der Waals surface area contributed by atoms with Gasteiger partial charge in [-0.05, 0) is 87.3 Å². The molecule has 9 heteroatoms. The van der Waals surface area contributed by atoms with Crippen molar-refractivity contribution < 1.29 is 34.0 Å². The maximum atomic E-state index is 14.9. The molecule has 232 valence electrons. The molecule has 8 atom stereocenters. The average Bonchev–Trinajstić information content (AvgIpc) is 3.57. The lowest BCUT2D eigenvalue weighted by molar-refractivity contribution is -0.154. The molecule has 10 rings (SSSR count). The Morgan fingerprint density at radius 1 is 0.933 bits per heavy atom. The summed E-state index contributed by atoms with van der Waals surface area (Å²) in [5.41, 5.74) is 3.21. The number of nitrogens with zero attached hydrogens (tertiary/aromatic N) is 2. The van der Waals surface area contributed by atoms with Gasteiger partial charge in [0.05, 0.1) is 25.0 Å². The van der Waals surface area contributed by atoms with Crippen molar-refractivity contribution in [3.8, 4) is 23.0 Å². The maximum Gasteiger partial charge on any atom is 0.201 e. The molecule has 4 heterocycles. The Morgan fingerprint density at radius 3 is 2.51 bits per heavy atom. The number of likely N-dealkylation sites (N-methyl/N-ethyl adjacent to an activating group) is 2. The van der Waals surface area contributed by atoms with Gasteiger partial charge in [-0.15, -0.1) is 0 Å². The highest BCUT2D eigenvalue weighted by atomic mass is 16.6. The number of phenols is 1. The highest BCUT2D eigenvalue weighted by Gasteiger charge is 2.74. The van der Waals surface area contributed by atoms with E-state index in [4.69, 9.17) is 18.9 Å². The van der Waals surface area contributed by atoms with Gasteiger partial charge in [0.1, 0.15) is 11.4 Å². The van der Waals surface area contributed by atoms with Gasteiger partial charge in [-0.25, -0.2) is 0 Å². The molecule has 0 amide bonds. The Labute approximate surface area is 261 Å². The number of aromatic hydroxyl groups is 1. The van der Waals surface area contributed by atoms with Crippen LogP contribution in [0, 0.1) is 0 Å². The number of rotatable bonds is 3. The largest absolute Gasteiger partial charge is 0.504 e. The van der Waals surface area contributed by atoms with Crippen LogP contribution in [0.5, 0.6) is 23.0 Å². The van der Waals surface area contributed by atoms with Crippen LogP contribution < -0.4 is 14.2 Å². The first kappa shape index (κ1) is 26.4. The zero-order valence-corrected chi connectivity index (χ0v) is 25.8. The SMILES string of the molecule is COC1=CC=C2C3Cc4ccc(OC)c5c4C2(CC(C2=CC4(O)C6Cc7ccc(O)c8c7C4(CCN6C)C(O8)C2=O)N3C)C1O5. The molecule has 0 saturated carbocycles. The maximum absolute atomic E-state index is 14.9. The second-order valence-corrected chi connectivity index (χ2v) is 14.3. The van der Waals surface area contributed by atoms with Crippen LogP contribution in [0.25, 0.3) is 0 Å². The molecule has 45 heavy (non-hydrogen) atoms. The van der Waals surface area contributed by atoms with Gasteiger partial charge in [0.2, 0.25) is 5.78 Å². The number of ether oxygens (including phenoxy) is 4. The molecule has 2 N–H and O–H groups in total. The summed E-state index contributed by atoms with van der Waals surface area (Å²) in [6.45, 7) is 0.729. The lowest BCUT2D eigenvalue weighted by Gasteiger charge is -2.62. The van der Waals surface area contributed by atoms with E-state index in [1.165, 1.54) is 11.1 Å². The van der Waals surface area contributed by atoms with E-state index >= 15 is 0 Å². The molecule has 2 saturated heterocycles. The van der Waals surface area contributed by atoms with Gasteiger partial charge in [-0.3, -0.25) is 14.6 Å². The number of hydrogen-bond acceptors (Lipinski definition) is 9. The topological polar surface area (TPSA) is 101 Å². The van der Waals surface area contributed by atoms with Crippen molar-refractivity contribution in [3.63, 3.8) is 0 Å². The van der Waals surface area contributed by atoms with Gasteiger partial charge < -0.3 is 29.2 Å². The fraction of sp³-hybridized carbons (Fsp3) is 0.472. The van der Waals surface area contributed by atoms with Crippen LogP contribution in [-0.4, -0.2) is 96.6 Å². The number of aliphatic hydroxyl groups is 1. The van der Waals surface area contributed by atoms with E-state index in [2.05, 4.69) is 36.0 Å². The van der Waals surface area contributed by atoms with Crippen molar-refractivity contribution in [2.24, 2.45) is 0 Å². The number of ketones is 1. The Bertz CT molecular complexity index is 1860. The van der Waals surface area contributed by atoms with Gasteiger partial charge in [0.25, 0.3) is 0 Å². The molecule has 2 spiro atoms. The van der Waals surface area contributed by atoms with E-state index in [-0.39, 0.29) is 29.7 Å². The zero-order valence-electron chi connectivity index (χ0n) is 25.8. The van der Waals surface area contributed by atoms with Crippen LogP contribution in [0.15, 0.2) is 59.4 Å². The van der Waals surface area contributed by atoms with E-state index in [0.29, 0.717) is 36.3 Å². The minimum absolute atomic E-state index is 0.0152. The summed E-state index contributed by atoms with van der Waals surface area (Å²) in [6.07, 6.45) is 7.33. The Hall–Kier alpha value is -3.79. The second-order valence-electron chi connectivity index (χ2n) is 14.3. The van der Waals surface area contributed by atoms with Crippen LogP contribution in [0.2, 0.25) is 0 Å². The van der Waals surface area contributed by atoms with Gasteiger partial charge in [0, 0.05) is 34.8 Å². The van der Waals surface area contributed by atoms with E-state index in [0.717, 1.165) is 41.2 Å². The Balaban J connectivity index is 1.18. The minimum Gasteiger partial charge on any atom is -0.504 e. The minimum atomic E-state index is -1.35. The van der Waals surface area contributed by atoms with Crippen molar-refractivity contribution >= 4 is 5.78 Å². The third-order valence-electron chi connectivity index (χ3n) is 12.9. The van der Waals surface area contributed by atoms with Crippen LogP contribution in [0.1, 0.15) is 35.1 Å². The molecule has 8 unspecified atom stereocenters. The molecule has 9 nitrogen and oxygen atoms in total. The number of carbonyl (C=O) groups is 1. The molecule has 2 aromatic carbocycles. The summed E-state index contributed by atoms with van der Waals surface area (Å²) in [5.74, 6) is 2.46. The first-order chi connectivity index (χ1) is 21.7. The lowest BCUT2D eigenvalue weighted by atomic mass is 9.49. The molecule has 2 fully saturated rings. The predicted molar refractivity (Wildman–Crippen MR) is 163 cm³/mol. The number of likely N-dealkylation sites (tertiary alicyclic amines) is 2. The molecule has 4 aliphatic heterocycles. The number of methoxy groups -OCH3 is 2. The van der Waals surface area contributed by atoms with Crippen molar-refractivity contribution in [2.45, 2.75) is 72.4 Å². The van der Waals surface area contributed by atoms with Crippen molar-refractivity contribution in [1.29, 1.82) is 0 Å². The standard InChI is InChI=1S/C36H36N2O7/c1-37-12-11-35-28-18-5-8-23(39)30(28)44-33(35)29(40)19(15-36(35,41)26(37)14-18)22-16-34-20-7-10-25(43-4)32(34)45-31-24(42-3)9-6-17(27(31)34)13-21(20)38(22)2/h5-10,15,21-22,26,32-33,39,41H,11-14,16H2,1-4H3. The smallest absolute Gasteiger partial charge is 0.201 e. The summed E-state index contributed by atoms with van der Waals surface area (Å²) >= 11 is 0. The van der Waals surface area contributed by atoms with Crippen molar-refractivity contribution in [2.75, 3.05) is 34.9 Å². The first-order valence-corrected chi connectivity index (χ1v) is 16.0. The molecule has 4 bridgehead atoms. The van der Waals surface area contributed by atoms with Crippen molar-refractivity contribution in [1.82, 2.24) is 9.80 Å². The average molecular weight is 609 g/mol. The quantitative estimate of drug-likeness (QED) is 0.545. The van der Waals surface area contributed by atoms with Crippen LogP contribution in [0.3, 0.4) is 0 Å². The fourth-order valence-corrected chi connectivity index (χ4v) is 11.0. The third kappa shape index (κ3) is 2.67. The number of allylic oxidation sites excluding steroid dienone is 2. The summed E-state index contributed by atoms with van der Waals surface area (Å²) in [6, 6.07) is 7.20. The van der Waals surface area contributed by atoms with E-state index < -0.39 is 28.6 Å². The normalized spacial score (nSPS) is 39.5. The number of Topliss-reactive ketones (excluding diaryl/α,β-unsaturated/α-hetero) is 1. The molecular weight excluding hydrogens is 572 g/mol. The zero-order chi connectivity index (χ0) is 30.8. The van der Waals surface area contributed by atoms with Crippen molar-refractivity contribution in [3.05, 3.63) is 81.7 Å². The van der Waals surface area contributed by atoms with Crippen LogP contribution in [0.4, 0.5) is 0 Å². The first-order valence-electron chi connectivity index (χ1n) is 16.0. The summed E-state index contributed by atoms with van der Waals surface area (Å²) in [7, 11) is 7.50. The van der Waals surface area contributed by atoms with E-state index in [1.54, 1.807) is 20.3 Å². The van der Waals surface area contributed by atoms with E-state index in [9.17, 15) is 15.0 Å². The molecular formula is C36H36N2O7. The number of hydrogen-bond donors (Lipinski definition) is 2. The van der Waals surface area contributed by atoms with Gasteiger partial charge in [0.15, 0.2) is 35.2 Å². The van der Waals surface area contributed by atoms with Gasteiger partial charge in [-0.2, -0.15) is 0 Å². The molecule has 0 aromatic heterocycles. The number of phenolic OH excluding ortho intramolecular Hbond substituents is 1. The molecule has 2 aromatic rings. The second kappa shape index (κ2) is 8.13. The Kier molecular flexibility index (Phi) is 4.77. The predicted octanol–water partition coefficient (Wildman–Crippen LogP) is 2.70. The summed E-state index contributed by atoms with van der Waals surface area (Å²) in [4.78, 5) is 19.5. The fourth-order valence-electron chi connectivity index (χ4n) is 11.0. The highest BCUT2D eigenvalue weighted by molar-refractivity contribution is 6.04. The number of carbonyl (C=O) groups excluding carboxylic acids is 1.